The predicted octanol–water partition coefficient (Wildman–Crippen LogP) is 3.62. The van der Waals surface area contributed by atoms with Crippen LogP contribution in [0.15, 0.2) is 22.7 Å². The maximum atomic E-state index is 11.9. The van der Waals surface area contributed by atoms with Crippen LogP contribution in [-0.2, 0) is 11.3 Å². The summed E-state index contributed by atoms with van der Waals surface area (Å²) in [6.45, 7) is -0.972. The number of halogens is 4. The number of benzene rings is 1. The number of hydrogen-bond donors (Lipinski definition) is 1. The van der Waals surface area contributed by atoms with Gasteiger partial charge >= 0.3 is 6.18 Å². The van der Waals surface area contributed by atoms with Crippen LogP contribution in [0, 0.1) is 0 Å². The monoisotopic (exact) mass is 353 g/mol. The Morgan fingerprint density at radius 2 is 2.05 bits per heavy atom. The van der Waals surface area contributed by atoms with Gasteiger partial charge in [0.2, 0.25) is 0 Å². The molecule has 20 heavy (non-hydrogen) atoms. The third-order valence-electron chi connectivity index (χ3n) is 2.73. The third-order valence-corrected chi connectivity index (χ3v) is 3.35. The summed E-state index contributed by atoms with van der Waals surface area (Å²) in [5, 5.41) is 3.38. The highest BCUT2D eigenvalue weighted by molar-refractivity contribution is 9.10. The number of hydrogen-bond acceptors (Lipinski definition) is 3. The SMILES string of the molecule is FC(F)(F)COCOc1ccc(CNC2CC2)cc1Br. The molecular formula is C13H15BrF3NO2. The van der Waals surface area contributed by atoms with Gasteiger partial charge in [0.05, 0.1) is 4.47 Å². The van der Waals surface area contributed by atoms with Crippen molar-refractivity contribution in [2.45, 2.75) is 31.6 Å². The Bertz CT molecular complexity index is 450. The van der Waals surface area contributed by atoms with Crippen LogP contribution in [0.2, 0.25) is 0 Å². The molecule has 0 atom stereocenters. The molecule has 0 aromatic heterocycles. The van der Waals surface area contributed by atoms with E-state index in [1.807, 2.05) is 12.1 Å². The summed E-state index contributed by atoms with van der Waals surface area (Å²) in [5.41, 5.74) is 1.09. The topological polar surface area (TPSA) is 30.5 Å². The van der Waals surface area contributed by atoms with Crippen molar-refractivity contribution < 1.29 is 22.6 Å². The molecule has 0 heterocycles. The van der Waals surface area contributed by atoms with Crippen molar-refractivity contribution >= 4 is 15.9 Å². The molecule has 0 spiro atoms. The van der Waals surface area contributed by atoms with E-state index in [0.717, 1.165) is 12.1 Å². The van der Waals surface area contributed by atoms with Gasteiger partial charge in [0.25, 0.3) is 0 Å². The van der Waals surface area contributed by atoms with Crippen molar-refractivity contribution in [3.8, 4) is 5.75 Å². The highest BCUT2D eigenvalue weighted by Crippen LogP contribution is 2.27. The largest absolute Gasteiger partial charge is 0.466 e. The smallest absolute Gasteiger partial charge is 0.411 e. The molecule has 1 aromatic rings. The standard InChI is InChI=1S/C13H15BrF3NO2/c14-11-5-9(6-18-10-2-3-10)1-4-12(11)20-8-19-7-13(15,16)17/h1,4-5,10,18H,2-3,6-8H2. The Morgan fingerprint density at radius 1 is 1.30 bits per heavy atom. The molecule has 0 amide bonds. The van der Waals surface area contributed by atoms with Gasteiger partial charge in [-0.25, -0.2) is 0 Å². The Balaban J connectivity index is 1.76. The molecule has 1 aromatic carbocycles. The Hall–Kier alpha value is -0.790. The van der Waals surface area contributed by atoms with Crippen molar-refractivity contribution in [2.75, 3.05) is 13.4 Å². The van der Waals surface area contributed by atoms with E-state index in [2.05, 4.69) is 26.0 Å². The minimum atomic E-state index is -4.33. The van der Waals surface area contributed by atoms with Crippen LogP contribution in [-0.4, -0.2) is 25.6 Å². The van der Waals surface area contributed by atoms with Crippen LogP contribution in [0.5, 0.6) is 5.75 Å². The molecule has 0 bridgehead atoms. The highest BCUT2D eigenvalue weighted by atomic mass is 79.9. The fourth-order valence-electron chi connectivity index (χ4n) is 1.58. The lowest BCUT2D eigenvalue weighted by Gasteiger charge is -2.11. The van der Waals surface area contributed by atoms with Crippen LogP contribution in [0.25, 0.3) is 0 Å². The van der Waals surface area contributed by atoms with Gasteiger partial charge in [-0.2, -0.15) is 13.2 Å². The van der Waals surface area contributed by atoms with E-state index in [1.165, 1.54) is 12.8 Å². The van der Waals surface area contributed by atoms with Gasteiger partial charge in [-0.1, -0.05) is 6.07 Å². The second-order valence-corrected chi connectivity index (χ2v) is 5.50. The van der Waals surface area contributed by atoms with Crippen molar-refractivity contribution in [3.05, 3.63) is 28.2 Å². The summed E-state index contributed by atoms with van der Waals surface area (Å²) in [5.74, 6) is 0.461. The zero-order valence-corrected chi connectivity index (χ0v) is 12.3. The summed E-state index contributed by atoms with van der Waals surface area (Å²) >= 11 is 3.33. The van der Waals surface area contributed by atoms with Crippen molar-refractivity contribution in [2.24, 2.45) is 0 Å². The van der Waals surface area contributed by atoms with Gasteiger partial charge < -0.3 is 14.8 Å². The molecular weight excluding hydrogens is 339 g/mol. The molecule has 3 nitrogen and oxygen atoms in total. The Kier molecular flexibility index (Phi) is 5.29. The van der Waals surface area contributed by atoms with Crippen LogP contribution < -0.4 is 10.1 Å². The molecule has 1 N–H and O–H groups in total. The van der Waals surface area contributed by atoms with Crippen molar-refractivity contribution in [1.29, 1.82) is 0 Å². The van der Waals surface area contributed by atoms with Crippen LogP contribution in [0.1, 0.15) is 18.4 Å². The second kappa shape index (κ2) is 6.78. The number of alkyl halides is 3. The fraction of sp³-hybridized carbons (Fsp3) is 0.538. The molecule has 0 aliphatic heterocycles. The summed E-state index contributed by atoms with van der Waals surface area (Å²) in [6.07, 6.45) is -1.89. The zero-order chi connectivity index (χ0) is 14.6. The average molecular weight is 354 g/mol. The second-order valence-electron chi connectivity index (χ2n) is 4.65. The minimum Gasteiger partial charge on any atom is -0.466 e. The zero-order valence-electron chi connectivity index (χ0n) is 10.7. The van der Waals surface area contributed by atoms with Gasteiger partial charge in [-0.05, 0) is 46.5 Å². The van der Waals surface area contributed by atoms with Gasteiger partial charge in [0.1, 0.15) is 12.4 Å². The maximum absolute atomic E-state index is 11.9. The van der Waals surface area contributed by atoms with Crippen molar-refractivity contribution in [3.63, 3.8) is 0 Å². The fourth-order valence-corrected chi connectivity index (χ4v) is 2.12. The van der Waals surface area contributed by atoms with Gasteiger partial charge in [0.15, 0.2) is 6.79 Å². The highest BCUT2D eigenvalue weighted by Gasteiger charge is 2.27. The molecule has 1 aliphatic rings. The van der Waals surface area contributed by atoms with E-state index in [-0.39, 0.29) is 0 Å². The van der Waals surface area contributed by atoms with E-state index in [4.69, 9.17) is 4.74 Å². The van der Waals surface area contributed by atoms with E-state index >= 15 is 0 Å². The summed E-state index contributed by atoms with van der Waals surface area (Å²) in [4.78, 5) is 0. The molecule has 0 radical (unpaired) electrons. The van der Waals surface area contributed by atoms with E-state index in [9.17, 15) is 13.2 Å². The maximum Gasteiger partial charge on any atom is 0.411 e. The molecule has 7 heteroatoms. The summed E-state index contributed by atoms with van der Waals surface area (Å²) in [6, 6.07) is 6.10. The first-order valence-corrected chi connectivity index (χ1v) is 7.02. The normalized spacial score (nSPS) is 15.4. The quantitative estimate of drug-likeness (QED) is 0.599. The average Bonchev–Trinajstić information content (AvgIpc) is 3.17. The molecule has 112 valence electrons. The molecule has 0 unspecified atom stereocenters. The van der Waals surface area contributed by atoms with Gasteiger partial charge in [-0.15, -0.1) is 0 Å². The first-order chi connectivity index (χ1) is 9.44. The first-order valence-electron chi connectivity index (χ1n) is 6.23. The van der Waals surface area contributed by atoms with Crippen LogP contribution >= 0.6 is 15.9 Å². The van der Waals surface area contributed by atoms with Gasteiger partial charge in [0, 0.05) is 12.6 Å². The number of nitrogens with one attached hydrogen (secondary N) is 1. The van der Waals surface area contributed by atoms with Crippen LogP contribution in [0.3, 0.4) is 0 Å². The Morgan fingerprint density at radius 3 is 2.65 bits per heavy atom. The lowest BCUT2D eigenvalue weighted by molar-refractivity contribution is -0.186. The van der Waals surface area contributed by atoms with E-state index in [0.29, 0.717) is 16.3 Å². The predicted molar refractivity (Wildman–Crippen MR) is 71.5 cm³/mol. The van der Waals surface area contributed by atoms with Crippen molar-refractivity contribution in [1.82, 2.24) is 5.32 Å². The molecule has 0 saturated heterocycles. The number of ether oxygens (including phenoxy) is 2. The minimum absolute atomic E-state index is 0.433. The molecule has 2 rings (SSSR count). The lowest BCUT2D eigenvalue weighted by atomic mass is 10.2. The first kappa shape index (κ1) is 15.6. The molecule has 1 fully saturated rings. The van der Waals surface area contributed by atoms with Crippen LogP contribution in [0.4, 0.5) is 13.2 Å². The van der Waals surface area contributed by atoms with E-state index in [1.54, 1.807) is 6.07 Å². The molecule has 1 saturated carbocycles. The van der Waals surface area contributed by atoms with Gasteiger partial charge in [-0.3, -0.25) is 0 Å². The Labute approximate surface area is 123 Å². The third kappa shape index (κ3) is 5.68. The lowest BCUT2D eigenvalue weighted by Crippen LogP contribution is -2.19. The molecule has 1 aliphatic carbocycles. The summed E-state index contributed by atoms with van der Waals surface area (Å²) in [7, 11) is 0. The van der Waals surface area contributed by atoms with E-state index < -0.39 is 19.6 Å². The summed E-state index contributed by atoms with van der Waals surface area (Å²) < 4.78 is 45.8. The number of rotatable bonds is 7.